The third-order valence-corrected chi connectivity index (χ3v) is 4.30. The van der Waals surface area contributed by atoms with E-state index in [-0.39, 0.29) is 5.84 Å². The predicted octanol–water partition coefficient (Wildman–Crippen LogP) is 2.99. The molecular weight excluding hydrogens is 262 g/mol. The fraction of sp³-hybridized carbons (Fsp3) is 0.588. The standard InChI is InChI=1S/C17H27N3O/c1-20(11-13-6-4-3-5-7-13)12-14-8-9-16(21-2)15(10-14)17(18)19/h8-10,13H,3-7,11-12H2,1-2H3,(H3,18,19). The highest BCUT2D eigenvalue weighted by Crippen LogP contribution is 2.25. The number of nitrogens with one attached hydrogen (secondary N) is 1. The van der Waals surface area contributed by atoms with Gasteiger partial charge in [-0.3, -0.25) is 5.41 Å². The normalized spacial score (nSPS) is 16.1. The molecule has 2 rings (SSSR count). The second kappa shape index (κ2) is 7.46. The van der Waals surface area contributed by atoms with Gasteiger partial charge in [0.25, 0.3) is 0 Å². The first-order chi connectivity index (χ1) is 10.1. The van der Waals surface area contributed by atoms with Gasteiger partial charge in [0.15, 0.2) is 0 Å². The van der Waals surface area contributed by atoms with Gasteiger partial charge in [0.1, 0.15) is 11.6 Å². The number of nitrogen functional groups attached to an aromatic ring is 1. The van der Waals surface area contributed by atoms with Gasteiger partial charge >= 0.3 is 0 Å². The minimum Gasteiger partial charge on any atom is -0.496 e. The topological polar surface area (TPSA) is 62.3 Å². The summed E-state index contributed by atoms with van der Waals surface area (Å²) in [7, 11) is 3.78. The van der Waals surface area contributed by atoms with E-state index in [0.29, 0.717) is 11.3 Å². The molecule has 116 valence electrons. The molecule has 0 amide bonds. The van der Waals surface area contributed by atoms with Crippen molar-refractivity contribution in [2.45, 2.75) is 38.6 Å². The van der Waals surface area contributed by atoms with Crippen LogP contribution < -0.4 is 10.5 Å². The fourth-order valence-electron chi connectivity index (χ4n) is 3.25. The van der Waals surface area contributed by atoms with Crippen LogP contribution in [0.25, 0.3) is 0 Å². The highest BCUT2D eigenvalue weighted by atomic mass is 16.5. The summed E-state index contributed by atoms with van der Waals surface area (Å²) in [4.78, 5) is 2.38. The van der Waals surface area contributed by atoms with Gasteiger partial charge in [0, 0.05) is 13.1 Å². The van der Waals surface area contributed by atoms with Crippen LogP contribution in [0.4, 0.5) is 0 Å². The van der Waals surface area contributed by atoms with Crippen LogP contribution in [0, 0.1) is 11.3 Å². The Labute approximate surface area is 127 Å². The molecule has 0 unspecified atom stereocenters. The molecule has 1 fully saturated rings. The number of ether oxygens (including phenoxy) is 1. The van der Waals surface area contributed by atoms with Crippen molar-refractivity contribution in [2.24, 2.45) is 11.7 Å². The second-order valence-corrected chi connectivity index (χ2v) is 6.15. The number of nitrogens with two attached hydrogens (primary N) is 1. The molecule has 1 aromatic carbocycles. The minimum absolute atomic E-state index is 0.0589. The van der Waals surface area contributed by atoms with E-state index < -0.39 is 0 Å². The smallest absolute Gasteiger partial charge is 0.129 e. The zero-order valence-corrected chi connectivity index (χ0v) is 13.2. The van der Waals surface area contributed by atoms with E-state index in [1.807, 2.05) is 12.1 Å². The Kier molecular flexibility index (Phi) is 5.62. The molecule has 1 aromatic rings. The van der Waals surface area contributed by atoms with Gasteiger partial charge in [-0.1, -0.05) is 25.3 Å². The van der Waals surface area contributed by atoms with E-state index in [1.54, 1.807) is 7.11 Å². The van der Waals surface area contributed by atoms with E-state index in [4.69, 9.17) is 15.9 Å². The summed E-state index contributed by atoms with van der Waals surface area (Å²) in [5.74, 6) is 1.57. The molecule has 0 aliphatic heterocycles. The first-order valence-electron chi connectivity index (χ1n) is 7.80. The third kappa shape index (κ3) is 4.46. The van der Waals surface area contributed by atoms with Crippen molar-refractivity contribution in [1.82, 2.24) is 4.90 Å². The average Bonchev–Trinajstić information content (AvgIpc) is 2.48. The summed E-state index contributed by atoms with van der Waals surface area (Å²) < 4.78 is 5.25. The van der Waals surface area contributed by atoms with Crippen LogP contribution in [-0.2, 0) is 6.54 Å². The summed E-state index contributed by atoms with van der Waals surface area (Å²) >= 11 is 0. The number of methoxy groups -OCH3 is 1. The molecule has 0 bridgehead atoms. The van der Waals surface area contributed by atoms with E-state index in [9.17, 15) is 0 Å². The molecule has 3 N–H and O–H groups in total. The Balaban J connectivity index is 1.98. The van der Waals surface area contributed by atoms with Gasteiger partial charge in [-0.05, 0) is 43.5 Å². The molecule has 21 heavy (non-hydrogen) atoms. The van der Waals surface area contributed by atoms with Crippen molar-refractivity contribution >= 4 is 5.84 Å². The number of nitrogens with zero attached hydrogens (tertiary/aromatic N) is 1. The Morgan fingerprint density at radius 2 is 2.05 bits per heavy atom. The lowest BCUT2D eigenvalue weighted by Gasteiger charge is -2.27. The summed E-state index contributed by atoms with van der Waals surface area (Å²) in [5.41, 5.74) is 7.49. The van der Waals surface area contributed by atoms with Crippen LogP contribution in [0.15, 0.2) is 18.2 Å². The Hall–Kier alpha value is -1.55. The van der Waals surface area contributed by atoms with E-state index in [2.05, 4.69) is 18.0 Å². The molecular formula is C17H27N3O. The van der Waals surface area contributed by atoms with E-state index in [0.717, 1.165) is 19.0 Å². The maximum Gasteiger partial charge on any atom is 0.129 e. The molecule has 0 radical (unpaired) electrons. The van der Waals surface area contributed by atoms with Crippen molar-refractivity contribution in [3.63, 3.8) is 0 Å². The summed E-state index contributed by atoms with van der Waals surface area (Å²) in [6.45, 7) is 2.04. The summed E-state index contributed by atoms with van der Waals surface area (Å²) in [6, 6.07) is 5.93. The van der Waals surface area contributed by atoms with E-state index in [1.165, 1.54) is 37.7 Å². The predicted molar refractivity (Wildman–Crippen MR) is 86.9 cm³/mol. The first-order valence-corrected chi connectivity index (χ1v) is 7.80. The van der Waals surface area contributed by atoms with Crippen LogP contribution >= 0.6 is 0 Å². The largest absolute Gasteiger partial charge is 0.496 e. The maximum atomic E-state index is 7.65. The zero-order valence-electron chi connectivity index (χ0n) is 13.2. The SMILES string of the molecule is COc1ccc(CN(C)CC2CCCCC2)cc1C(=N)N. The van der Waals surface area contributed by atoms with Crippen molar-refractivity contribution in [2.75, 3.05) is 20.7 Å². The second-order valence-electron chi connectivity index (χ2n) is 6.15. The van der Waals surface area contributed by atoms with Crippen LogP contribution in [0.2, 0.25) is 0 Å². The number of benzene rings is 1. The van der Waals surface area contributed by atoms with Crippen LogP contribution in [0.5, 0.6) is 5.75 Å². The van der Waals surface area contributed by atoms with Gasteiger partial charge in [0.05, 0.1) is 12.7 Å². The summed E-state index contributed by atoms with van der Waals surface area (Å²) in [6.07, 6.45) is 6.91. The van der Waals surface area contributed by atoms with Gasteiger partial charge in [-0.25, -0.2) is 0 Å². The highest BCUT2D eigenvalue weighted by molar-refractivity contribution is 5.97. The lowest BCUT2D eigenvalue weighted by molar-refractivity contribution is 0.228. The zero-order chi connectivity index (χ0) is 15.2. The molecule has 0 atom stereocenters. The van der Waals surface area contributed by atoms with Gasteiger partial charge in [-0.2, -0.15) is 0 Å². The Morgan fingerprint density at radius 3 is 2.67 bits per heavy atom. The number of rotatable bonds is 6. The molecule has 0 saturated heterocycles. The van der Waals surface area contributed by atoms with Crippen molar-refractivity contribution in [1.29, 1.82) is 5.41 Å². The molecule has 4 nitrogen and oxygen atoms in total. The number of hydrogen-bond donors (Lipinski definition) is 2. The maximum absolute atomic E-state index is 7.65. The summed E-state index contributed by atoms with van der Waals surface area (Å²) in [5, 5.41) is 7.65. The van der Waals surface area contributed by atoms with Crippen molar-refractivity contribution in [3.05, 3.63) is 29.3 Å². The monoisotopic (exact) mass is 289 g/mol. The quantitative estimate of drug-likeness (QED) is 0.625. The lowest BCUT2D eigenvalue weighted by atomic mass is 9.89. The van der Waals surface area contributed by atoms with Crippen molar-refractivity contribution in [3.8, 4) is 5.75 Å². The van der Waals surface area contributed by atoms with Crippen molar-refractivity contribution < 1.29 is 4.74 Å². The fourth-order valence-corrected chi connectivity index (χ4v) is 3.25. The first kappa shape index (κ1) is 15.8. The third-order valence-electron chi connectivity index (χ3n) is 4.30. The van der Waals surface area contributed by atoms with Gasteiger partial charge in [0.2, 0.25) is 0 Å². The Morgan fingerprint density at radius 1 is 1.33 bits per heavy atom. The van der Waals surface area contributed by atoms with Crippen LogP contribution in [0.1, 0.15) is 43.2 Å². The van der Waals surface area contributed by atoms with Crippen LogP contribution in [-0.4, -0.2) is 31.4 Å². The van der Waals surface area contributed by atoms with E-state index >= 15 is 0 Å². The molecule has 1 aliphatic rings. The number of amidine groups is 1. The molecule has 0 heterocycles. The molecule has 1 aliphatic carbocycles. The molecule has 4 heteroatoms. The molecule has 0 spiro atoms. The lowest BCUT2D eigenvalue weighted by Crippen LogP contribution is -2.26. The minimum atomic E-state index is 0.0589. The molecule has 1 saturated carbocycles. The van der Waals surface area contributed by atoms with Gasteiger partial charge in [-0.15, -0.1) is 0 Å². The van der Waals surface area contributed by atoms with Crippen LogP contribution in [0.3, 0.4) is 0 Å². The average molecular weight is 289 g/mol. The molecule has 0 aromatic heterocycles. The Bertz CT molecular complexity index is 481. The number of hydrogen-bond acceptors (Lipinski definition) is 3. The van der Waals surface area contributed by atoms with Gasteiger partial charge < -0.3 is 15.4 Å². The highest BCUT2D eigenvalue weighted by Gasteiger charge is 2.16.